The van der Waals surface area contributed by atoms with Gasteiger partial charge in [0.25, 0.3) is 5.91 Å². The van der Waals surface area contributed by atoms with Gasteiger partial charge in [0.15, 0.2) is 0 Å². The number of carbonyl (C=O) groups excluding carboxylic acids is 1. The zero-order valence-electron chi connectivity index (χ0n) is 10.8. The van der Waals surface area contributed by atoms with Crippen LogP contribution in [0.3, 0.4) is 0 Å². The fourth-order valence-electron chi connectivity index (χ4n) is 1.64. The summed E-state index contributed by atoms with van der Waals surface area (Å²) in [4.78, 5) is 22.7. The van der Waals surface area contributed by atoms with Gasteiger partial charge < -0.3 is 9.73 Å². The van der Waals surface area contributed by atoms with E-state index in [0.717, 1.165) is 6.26 Å². The van der Waals surface area contributed by atoms with Gasteiger partial charge in [0.1, 0.15) is 6.26 Å². The zero-order valence-corrected chi connectivity index (χ0v) is 10.8. The smallest absolute Gasteiger partial charge is 0.335 e. The van der Waals surface area contributed by atoms with E-state index in [1.54, 1.807) is 0 Å². The van der Waals surface area contributed by atoms with Crippen LogP contribution >= 0.6 is 0 Å². The molecule has 0 bridgehead atoms. The molecule has 0 aliphatic heterocycles. The van der Waals surface area contributed by atoms with Crippen molar-refractivity contribution in [3.05, 3.63) is 64.2 Å². The van der Waals surface area contributed by atoms with E-state index in [1.165, 1.54) is 17.7 Å². The summed E-state index contributed by atoms with van der Waals surface area (Å²) in [5, 5.41) is 2.74. The third-order valence-electron chi connectivity index (χ3n) is 2.80. The molecule has 1 amide bonds. The molecule has 2 rings (SSSR count). The summed E-state index contributed by atoms with van der Waals surface area (Å²) in [5.41, 5.74) is 1.76. The molecule has 0 radical (unpaired) electrons. The number of benzene rings is 1. The summed E-state index contributed by atoms with van der Waals surface area (Å²) in [6, 6.07) is 10.3. The fraction of sp³-hybridized carbons (Fsp3) is 0.200. The summed E-state index contributed by atoms with van der Waals surface area (Å²) in [6.07, 6.45) is 1.15. The van der Waals surface area contributed by atoms with Crippen LogP contribution in [0.1, 0.15) is 35.7 Å². The number of nitrogens with one attached hydrogen (secondary N) is 1. The van der Waals surface area contributed by atoms with Crippen molar-refractivity contribution in [3.8, 4) is 0 Å². The normalized spacial score (nSPS) is 10.5. The van der Waals surface area contributed by atoms with Crippen LogP contribution in [-0.4, -0.2) is 5.91 Å². The molecule has 0 saturated heterocycles. The average Bonchev–Trinajstić information content (AvgIpc) is 2.40. The average molecular weight is 257 g/mol. The number of amides is 1. The van der Waals surface area contributed by atoms with Gasteiger partial charge >= 0.3 is 5.63 Å². The van der Waals surface area contributed by atoms with Crippen LogP contribution in [0.5, 0.6) is 0 Å². The Bertz CT molecular complexity index is 606. The third-order valence-corrected chi connectivity index (χ3v) is 2.80. The van der Waals surface area contributed by atoms with Gasteiger partial charge in [-0.1, -0.05) is 26.0 Å². The Hall–Kier alpha value is -2.36. The summed E-state index contributed by atoms with van der Waals surface area (Å²) >= 11 is 0. The molecule has 1 aromatic carbocycles. The Morgan fingerprint density at radius 3 is 2.32 bits per heavy atom. The standard InChI is InChI=1S/C15H15NO3/c1-10(2)11-3-6-13(7-4-11)16-15(18)12-5-8-14(17)19-9-12/h3-10H,1-2H3,(H,16,18). The van der Waals surface area contributed by atoms with Crippen LogP contribution in [-0.2, 0) is 0 Å². The summed E-state index contributed by atoms with van der Waals surface area (Å²) in [6.45, 7) is 4.22. The maximum atomic E-state index is 11.9. The first-order valence-corrected chi connectivity index (χ1v) is 6.06. The molecule has 4 nitrogen and oxygen atoms in total. The minimum Gasteiger partial charge on any atom is -0.430 e. The first-order valence-electron chi connectivity index (χ1n) is 6.06. The lowest BCUT2D eigenvalue weighted by atomic mass is 10.0. The third kappa shape index (κ3) is 3.31. The van der Waals surface area contributed by atoms with Crippen molar-refractivity contribution in [2.24, 2.45) is 0 Å². The quantitative estimate of drug-likeness (QED) is 0.919. The Labute approximate surface area is 111 Å². The van der Waals surface area contributed by atoms with Gasteiger partial charge in [-0.25, -0.2) is 4.79 Å². The summed E-state index contributed by atoms with van der Waals surface area (Å²) in [5.74, 6) is 0.147. The predicted octanol–water partition coefficient (Wildman–Crippen LogP) is 3.02. The van der Waals surface area contributed by atoms with Crippen molar-refractivity contribution in [2.75, 3.05) is 5.32 Å². The van der Waals surface area contributed by atoms with E-state index in [9.17, 15) is 9.59 Å². The van der Waals surface area contributed by atoms with Crippen LogP contribution in [0, 0.1) is 0 Å². The fourth-order valence-corrected chi connectivity index (χ4v) is 1.64. The number of rotatable bonds is 3. The first kappa shape index (κ1) is 13.1. The Kier molecular flexibility index (Phi) is 3.80. The van der Waals surface area contributed by atoms with Gasteiger partial charge in [-0.3, -0.25) is 4.79 Å². The molecule has 1 aromatic heterocycles. The van der Waals surface area contributed by atoms with Crippen LogP contribution in [0.25, 0.3) is 0 Å². The Balaban J connectivity index is 2.10. The SMILES string of the molecule is CC(C)c1ccc(NC(=O)c2ccc(=O)oc2)cc1. The highest BCUT2D eigenvalue weighted by Crippen LogP contribution is 2.17. The minimum absolute atomic E-state index is 0.305. The van der Waals surface area contributed by atoms with Crippen molar-refractivity contribution < 1.29 is 9.21 Å². The number of hydrogen-bond donors (Lipinski definition) is 1. The van der Waals surface area contributed by atoms with Crippen molar-refractivity contribution in [1.29, 1.82) is 0 Å². The Morgan fingerprint density at radius 1 is 1.11 bits per heavy atom. The maximum Gasteiger partial charge on any atom is 0.335 e. The van der Waals surface area contributed by atoms with E-state index in [1.807, 2.05) is 24.3 Å². The first-order chi connectivity index (χ1) is 9.06. The van der Waals surface area contributed by atoms with E-state index >= 15 is 0 Å². The van der Waals surface area contributed by atoms with Crippen molar-refractivity contribution >= 4 is 11.6 Å². The van der Waals surface area contributed by atoms with Gasteiger partial charge in [0, 0.05) is 11.8 Å². The van der Waals surface area contributed by atoms with Crippen molar-refractivity contribution in [2.45, 2.75) is 19.8 Å². The maximum absolute atomic E-state index is 11.9. The van der Waals surface area contributed by atoms with Crippen molar-refractivity contribution in [3.63, 3.8) is 0 Å². The van der Waals surface area contributed by atoms with Gasteiger partial charge in [0.2, 0.25) is 0 Å². The van der Waals surface area contributed by atoms with Gasteiger partial charge in [-0.05, 0) is 29.7 Å². The molecule has 1 heterocycles. The predicted molar refractivity (Wildman–Crippen MR) is 73.5 cm³/mol. The van der Waals surface area contributed by atoms with Crippen LogP contribution in [0.4, 0.5) is 5.69 Å². The van der Waals surface area contributed by atoms with Gasteiger partial charge in [0.05, 0.1) is 5.56 Å². The summed E-state index contributed by atoms with van der Waals surface area (Å²) < 4.78 is 4.65. The van der Waals surface area contributed by atoms with E-state index < -0.39 is 5.63 Å². The molecule has 4 heteroatoms. The van der Waals surface area contributed by atoms with Gasteiger partial charge in [-0.2, -0.15) is 0 Å². The number of anilines is 1. The van der Waals surface area contributed by atoms with E-state index in [-0.39, 0.29) is 5.91 Å². The lowest BCUT2D eigenvalue weighted by Gasteiger charge is -2.08. The van der Waals surface area contributed by atoms with Crippen LogP contribution in [0.2, 0.25) is 0 Å². The molecule has 0 aliphatic rings. The second-order valence-electron chi connectivity index (χ2n) is 4.57. The molecule has 0 saturated carbocycles. The Morgan fingerprint density at radius 2 is 1.79 bits per heavy atom. The number of carbonyl (C=O) groups is 1. The lowest BCUT2D eigenvalue weighted by molar-refractivity contribution is 0.102. The largest absolute Gasteiger partial charge is 0.430 e. The monoisotopic (exact) mass is 257 g/mol. The zero-order chi connectivity index (χ0) is 13.8. The summed E-state index contributed by atoms with van der Waals surface area (Å²) in [7, 11) is 0. The molecule has 19 heavy (non-hydrogen) atoms. The highest BCUT2D eigenvalue weighted by Gasteiger charge is 2.07. The lowest BCUT2D eigenvalue weighted by Crippen LogP contribution is -2.12. The van der Waals surface area contributed by atoms with Gasteiger partial charge in [-0.15, -0.1) is 0 Å². The van der Waals surface area contributed by atoms with E-state index in [2.05, 4.69) is 23.6 Å². The molecule has 98 valence electrons. The molecule has 0 spiro atoms. The highest BCUT2D eigenvalue weighted by molar-refractivity contribution is 6.03. The molecule has 0 aliphatic carbocycles. The van der Waals surface area contributed by atoms with E-state index in [0.29, 0.717) is 17.2 Å². The van der Waals surface area contributed by atoms with E-state index in [4.69, 9.17) is 0 Å². The number of hydrogen-bond acceptors (Lipinski definition) is 3. The van der Waals surface area contributed by atoms with Crippen LogP contribution in [0.15, 0.2) is 51.9 Å². The molecular weight excluding hydrogens is 242 g/mol. The topological polar surface area (TPSA) is 59.3 Å². The molecule has 0 fully saturated rings. The van der Waals surface area contributed by atoms with Crippen LogP contribution < -0.4 is 10.9 Å². The molecule has 2 aromatic rings. The minimum atomic E-state index is -0.474. The molecule has 0 unspecified atom stereocenters. The molecular formula is C15H15NO3. The van der Waals surface area contributed by atoms with Crippen molar-refractivity contribution in [1.82, 2.24) is 0 Å². The highest BCUT2D eigenvalue weighted by atomic mass is 16.4. The second kappa shape index (κ2) is 5.52. The molecule has 1 N–H and O–H groups in total. The molecule has 0 atom stereocenters. The second-order valence-corrected chi connectivity index (χ2v) is 4.57.